The third kappa shape index (κ3) is 3.90. The van der Waals surface area contributed by atoms with E-state index in [9.17, 15) is 0 Å². The number of hydrogen-bond donors (Lipinski definition) is 1. The molecule has 1 saturated heterocycles. The van der Waals surface area contributed by atoms with Crippen molar-refractivity contribution in [3.63, 3.8) is 0 Å². The fourth-order valence-electron chi connectivity index (χ4n) is 2.75. The molecule has 0 amide bonds. The van der Waals surface area contributed by atoms with Crippen molar-refractivity contribution in [3.05, 3.63) is 0 Å². The molecular weight excluding hydrogens is 220 g/mol. The van der Waals surface area contributed by atoms with Crippen molar-refractivity contribution < 1.29 is 0 Å². The molecule has 96 valence electrons. The molecule has 1 heterocycles. The quantitative estimate of drug-likeness (QED) is 0.802. The molecular formula is C13H27ClN2. The zero-order valence-electron chi connectivity index (χ0n) is 11.0. The molecule has 2 aliphatic rings. The fraction of sp³-hybridized carbons (Fsp3) is 1.00. The molecule has 1 saturated carbocycles. The van der Waals surface area contributed by atoms with Crippen molar-refractivity contribution in [2.75, 3.05) is 26.2 Å². The van der Waals surface area contributed by atoms with Crippen LogP contribution >= 0.6 is 12.4 Å². The molecule has 1 N–H and O–H groups in total. The van der Waals surface area contributed by atoms with Gasteiger partial charge in [0.05, 0.1) is 0 Å². The first-order valence-electron chi connectivity index (χ1n) is 6.54. The Morgan fingerprint density at radius 2 is 2.06 bits per heavy atom. The third-order valence-electron chi connectivity index (χ3n) is 3.70. The summed E-state index contributed by atoms with van der Waals surface area (Å²) in [5, 5.41) is 3.50. The molecule has 1 unspecified atom stereocenters. The Bertz CT molecular complexity index is 208. The number of halogens is 1. The highest BCUT2D eigenvalue weighted by molar-refractivity contribution is 5.85. The minimum atomic E-state index is 0. The van der Waals surface area contributed by atoms with Gasteiger partial charge in [-0.3, -0.25) is 4.90 Å². The highest BCUT2D eigenvalue weighted by atomic mass is 35.5. The zero-order valence-corrected chi connectivity index (χ0v) is 11.8. The van der Waals surface area contributed by atoms with Crippen molar-refractivity contribution in [1.29, 1.82) is 0 Å². The first-order valence-corrected chi connectivity index (χ1v) is 6.54. The lowest BCUT2D eigenvalue weighted by atomic mass is 9.89. The standard InChI is InChI=1S/C13H26N2.ClH/c1-11(2)8-15(12-4-5-12)10-13(3)6-7-14-9-13;/h11-12,14H,4-10H2,1-3H3;1H. The van der Waals surface area contributed by atoms with Crippen LogP contribution in [0.2, 0.25) is 0 Å². The van der Waals surface area contributed by atoms with E-state index >= 15 is 0 Å². The normalized spacial score (nSPS) is 29.8. The summed E-state index contributed by atoms with van der Waals surface area (Å²) in [6, 6.07) is 0.921. The van der Waals surface area contributed by atoms with Gasteiger partial charge in [0.15, 0.2) is 0 Å². The van der Waals surface area contributed by atoms with Gasteiger partial charge in [0.2, 0.25) is 0 Å². The van der Waals surface area contributed by atoms with Crippen molar-refractivity contribution >= 4 is 12.4 Å². The van der Waals surface area contributed by atoms with E-state index < -0.39 is 0 Å². The molecule has 1 aliphatic carbocycles. The Morgan fingerprint density at radius 1 is 1.38 bits per heavy atom. The van der Waals surface area contributed by atoms with Crippen LogP contribution in [0.5, 0.6) is 0 Å². The molecule has 0 aromatic carbocycles. The zero-order chi connectivity index (χ0) is 10.9. The Morgan fingerprint density at radius 3 is 2.50 bits per heavy atom. The summed E-state index contributed by atoms with van der Waals surface area (Å²) >= 11 is 0. The number of rotatable bonds is 5. The maximum Gasteiger partial charge on any atom is 0.00967 e. The first-order chi connectivity index (χ1) is 7.09. The van der Waals surface area contributed by atoms with Gasteiger partial charge in [-0.2, -0.15) is 0 Å². The van der Waals surface area contributed by atoms with Gasteiger partial charge in [-0.15, -0.1) is 12.4 Å². The highest BCUT2D eigenvalue weighted by Crippen LogP contribution is 2.33. The molecule has 0 radical (unpaired) electrons. The van der Waals surface area contributed by atoms with Crippen LogP contribution in [-0.2, 0) is 0 Å². The summed E-state index contributed by atoms with van der Waals surface area (Å²) in [6.45, 7) is 12.2. The maximum atomic E-state index is 3.50. The van der Waals surface area contributed by atoms with Gasteiger partial charge in [0, 0.05) is 25.7 Å². The second-order valence-corrected chi connectivity index (χ2v) is 6.29. The van der Waals surface area contributed by atoms with Crippen molar-refractivity contribution in [1.82, 2.24) is 10.2 Å². The molecule has 0 aromatic heterocycles. The van der Waals surface area contributed by atoms with Crippen molar-refractivity contribution in [2.24, 2.45) is 11.3 Å². The molecule has 2 nitrogen and oxygen atoms in total. The number of hydrogen-bond acceptors (Lipinski definition) is 2. The maximum absolute atomic E-state index is 3.50. The molecule has 0 bridgehead atoms. The van der Waals surface area contributed by atoms with Crippen LogP contribution in [0.1, 0.15) is 40.0 Å². The Balaban J connectivity index is 0.00000128. The highest BCUT2D eigenvalue weighted by Gasteiger charge is 2.36. The average Bonchev–Trinajstić information content (AvgIpc) is 2.89. The van der Waals surface area contributed by atoms with Gasteiger partial charge in [-0.25, -0.2) is 0 Å². The number of nitrogens with one attached hydrogen (secondary N) is 1. The topological polar surface area (TPSA) is 15.3 Å². The lowest BCUT2D eigenvalue weighted by Gasteiger charge is -2.33. The lowest BCUT2D eigenvalue weighted by molar-refractivity contribution is 0.154. The smallest absolute Gasteiger partial charge is 0.00967 e. The van der Waals surface area contributed by atoms with E-state index in [1.54, 1.807) is 0 Å². The summed E-state index contributed by atoms with van der Waals surface area (Å²) < 4.78 is 0. The van der Waals surface area contributed by atoms with Crippen molar-refractivity contribution in [3.8, 4) is 0 Å². The van der Waals surface area contributed by atoms with E-state index in [-0.39, 0.29) is 12.4 Å². The Kier molecular flexibility index (Phi) is 5.09. The Hall–Kier alpha value is 0.210. The molecule has 2 rings (SSSR count). The predicted molar refractivity (Wildman–Crippen MR) is 72.3 cm³/mol. The predicted octanol–water partition coefficient (Wildman–Crippen LogP) is 2.53. The largest absolute Gasteiger partial charge is 0.316 e. The molecule has 0 aromatic rings. The monoisotopic (exact) mass is 246 g/mol. The Labute approximate surface area is 107 Å². The van der Waals surface area contributed by atoms with E-state index in [0.29, 0.717) is 5.41 Å². The third-order valence-corrected chi connectivity index (χ3v) is 3.70. The SMILES string of the molecule is CC(C)CN(CC1(C)CCNC1)C1CC1.Cl. The van der Waals surface area contributed by atoms with Crippen LogP contribution in [0.15, 0.2) is 0 Å². The van der Waals surface area contributed by atoms with Gasteiger partial charge in [0.1, 0.15) is 0 Å². The summed E-state index contributed by atoms with van der Waals surface area (Å²) in [6.07, 6.45) is 4.24. The van der Waals surface area contributed by atoms with Crippen LogP contribution in [0.4, 0.5) is 0 Å². The van der Waals surface area contributed by atoms with Crippen LogP contribution < -0.4 is 5.32 Å². The molecule has 1 aliphatic heterocycles. The second kappa shape index (κ2) is 5.70. The van der Waals surface area contributed by atoms with Gasteiger partial charge in [-0.05, 0) is 37.1 Å². The van der Waals surface area contributed by atoms with Gasteiger partial charge >= 0.3 is 0 Å². The van der Waals surface area contributed by atoms with Crippen LogP contribution in [0, 0.1) is 11.3 Å². The van der Waals surface area contributed by atoms with E-state index in [1.165, 1.54) is 45.4 Å². The van der Waals surface area contributed by atoms with E-state index in [0.717, 1.165) is 12.0 Å². The summed E-state index contributed by atoms with van der Waals surface area (Å²) in [7, 11) is 0. The molecule has 0 spiro atoms. The average molecular weight is 247 g/mol. The summed E-state index contributed by atoms with van der Waals surface area (Å²) in [5.41, 5.74) is 0.539. The van der Waals surface area contributed by atoms with Crippen LogP contribution in [-0.4, -0.2) is 37.1 Å². The van der Waals surface area contributed by atoms with Gasteiger partial charge in [0.25, 0.3) is 0 Å². The van der Waals surface area contributed by atoms with E-state index in [2.05, 4.69) is 31.0 Å². The van der Waals surface area contributed by atoms with Crippen LogP contribution in [0.25, 0.3) is 0 Å². The van der Waals surface area contributed by atoms with Crippen molar-refractivity contribution in [2.45, 2.75) is 46.1 Å². The minimum Gasteiger partial charge on any atom is -0.316 e. The number of nitrogens with zero attached hydrogens (tertiary/aromatic N) is 1. The van der Waals surface area contributed by atoms with Gasteiger partial charge < -0.3 is 5.32 Å². The molecule has 1 atom stereocenters. The lowest BCUT2D eigenvalue weighted by Crippen LogP contribution is -2.40. The second-order valence-electron chi connectivity index (χ2n) is 6.29. The molecule has 16 heavy (non-hydrogen) atoms. The van der Waals surface area contributed by atoms with Crippen LogP contribution in [0.3, 0.4) is 0 Å². The summed E-state index contributed by atoms with van der Waals surface area (Å²) in [5.74, 6) is 0.809. The molecule has 2 fully saturated rings. The first kappa shape index (κ1) is 14.3. The van der Waals surface area contributed by atoms with E-state index in [4.69, 9.17) is 0 Å². The van der Waals surface area contributed by atoms with Gasteiger partial charge in [-0.1, -0.05) is 20.8 Å². The minimum absolute atomic E-state index is 0. The van der Waals surface area contributed by atoms with E-state index in [1.807, 2.05) is 0 Å². The summed E-state index contributed by atoms with van der Waals surface area (Å²) in [4.78, 5) is 2.75. The molecule has 3 heteroatoms. The fourth-order valence-corrected chi connectivity index (χ4v) is 2.75.